The molecule has 0 saturated carbocycles. The zero-order valence-corrected chi connectivity index (χ0v) is 16.0. The largest absolute Gasteiger partial charge is 0.465 e. The summed E-state index contributed by atoms with van der Waals surface area (Å²) in [7, 11) is 2.55. The number of rotatable bonds is 4. The predicted molar refractivity (Wildman–Crippen MR) is 105 cm³/mol. The van der Waals surface area contributed by atoms with Crippen molar-refractivity contribution in [1.29, 1.82) is 0 Å². The molecule has 0 aliphatic rings. The van der Waals surface area contributed by atoms with E-state index in [9.17, 15) is 9.59 Å². The molecule has 0 aliphatic carbocycles. The van der Waals surface area contributed by atoms with Gasteiger partial charge < -0.3 is 20.1 Å². The molecule has 0 amide bonds. The van der Waals surface area contributed by atoms with Crippen molar-refractivity contribution in [2.75, 3.05) is 24.9 Å². The molecule has 0 aliphatic heterocycles. The molecule has 0 heterocycles. The van der Waals surface area contributed by atoms with Crippen molar-refractivity contribution in [2.24, 2.45) is 0 Å². The first kappa shape index (κ1) is 19.7. The number of anilines is 2. The van der Waals surface area contributed by atoms with Gasteiger partial charge in [0, 0.05) is 10.7 Å². The molecule has 2 aromatic carbocycles. The number of thiocarbonyl (C=S) groups is 1. The second kappa shape index (κ2) is 8.64. The Kier molecular flexibility index (Phi) is 6.54. The number of halogens is 1. The van der Waals surface area contributed by atoms with Gasteiger partial charge in [-0.1, -0.05) is 17.7 Å². The van der Waals surface area contributed by atoms with E-state index in [-0.39, 0.29) is 16.2 Å². The minimum Gasteiger partial charge on any atom is -0.465 e. The SMILES string of the molecule is COC(=O)c1ccc(C(=O)OC)c(NC(=S)Nc2cc(Cl)ccc2C)c1. The van der Waals surface area contributed by atoms with Crippen LogP contribution in [0.5, 0.6) is 0 Å². The van der Waals surface area contributed by atoms with Crippen molar-refractivity contribution < 1.29 is 19.1 Å². The van der Waals surface area contributed by atoms with Gasteiger partial charge in [-0.15, -0.1) is 0 Å². The highest BCUT2D eigenvalue weighted by Gasteiger charge is 2.16. The third-order valence-corrected chi connectivity index (χ3v) is 3.98. The molecule has 0 saturated heterocycles. The molecule has 6 nitrogen and oxygen atoms in total. The molecule has 0 bridgehead atoms. The first-order chi connectivity index (χ1) is 12.3. The molecule has 0 spiro atoms. The number of methoxy groups -OCH3 is 2. The predicted octanol–water partition coefficient (Wildman–Crippen LogP) is 4.03. The number of hydrogen-bond acceptors (Lipinski definition) is 5. The number of benzene rings is 2. The number of aryl methyl sites for hydroxylation is 1. The van der Waals surface area contributed by atoms with Gasteiger partial charge in [-0.05, 0) is 55.0 Å². The third kappa shape index (κ3) is 4.71. The fourth-order valence-corrected chi connectivity index (χ4v) is 2.58. The smallest absolute Gasteiger partial charge is 0.339 e. The quantitative estimate of drug-likeness (QED) is 0.600. The van der Waals surface area contributed by atoms with E-state index in [0.717, 1.165) is 11.3 Å². The van der Waals surface area contributed by atoms with Gasteiger partial charge in [0.15, 0.2) is 5.11 Å². The van der Waals surface area contributed by atoms with Gasteiger partial charge >= 0.3 is 11.9 Å². The van der Waals surface area contributed by atoms with Gasteiger partial charge in [0.1, 0.15) is 0 Å². The Morgan fingerprint density at radius 3 is 2.27 bits per heavy atom. The van der Waals surface area contributed by atoms with Crippen LogP contribution in [0.1, 0.15) is 26.3 Å². The van der Waals surface area contributed by atoms with Crippen LogP contribution in [-0.4, -0.2) is 31.3 Å². The summed E-state index contributed by atoms with van der Waals surface area (Å²) in [6.07, 6.45) is 0. The van der Waals surface area contributed by atoms with Crippen LogP contribution < -0.4 is 10.6 Å². The summed E-state index contributed by atoms with van der Waals surface area (Å²) in [4.78, 5) is 23.7. The lowest BCUT2D eigenvalue weighted by Gasteiger charge is -2.15. The maximum Gasteiger partial charge on any atom is 0.339 e. The Hall–Kier alpha value is -2.64. The summed E-state index contributed by atoms with van der Waals surface area (Å²) in [6, 6.07) is 9.77. The first-order valence-electron chi connectivity index (χ1n) is 7.50. The van der Waals surface area contributed by atoms with Crippen molar-refractivity contribution in [2.45, 2.75) is 6.92 Å². The van der Waals surface area contributed by atoms with Crippen LogP contribution in [-0.2, 0) is 9.47 Å². The highest BCUT2D eigenvalue weighted by Crippen LogP contribution is 2.23. The Balaban J connectivity index is 2.30. The standard InChI is InChI=1S/C18H17ClN2O4S/c1-10-4-6-12(19)9-14(10)20-18(26)21-15-8-11(16(22)24-2)5-7-13(15)17(23)25-3/h4-9H,1-3H3,(H2,20,21,26). The van der Waals surface area contributed by atoms with E-state index in [1.165, 1.54) is 32.4 Å². The van der Waals surface area contributed by atoms with E-state index >= 15 is 0 Å². The summed E-state index contributed by atoms with van der Waals surface area (Å²) in [5, 5.41) is 6.71. The number of esters is 2. The number of carbonyl (C=O) groups excluding carboxylic acids is 2. The zero-order valence-electron chi connectivity index (χ0n) is 14.4. The van der Waals surface area contributed by atoms with E-state index in [0.29, 0.717) is 10.7 Å². The molecular formula is C18H17ClN2O4S. The molecule has 0 unspecified atom stereocenters. The van der Waals surface area contributed by atoms with Gasteiger partial charge in [-0.25, -0.2) is 9.59 Å². The maximum atomic E-state index is 12.0. The van der Waals surface area contributed by atoms with E-state index < -0.39 is 11.9 Å². The molecule has 26 heavy (non-hydrogen) atoms. The van der Waals surface area contributed by atoms with E-state index in [2.05, 4.69) is 10.6 Å². The minimum atomic E-state index is -0.564. The minimum absolute atomic E-state index is 0.225. The van der Waals surface area contributed by atoms with Gasteiger partial charge in [0.05, 0.1) is 31.0 Å². The van der Waals surface area contributed by atoms with Crippen molar-refractivity contribution in [3.05, 3.63) is 58.1 Å². The third-order valence-electron chi connectivity index (χ3n) is 3.54. The monoisotopic (exact) mass is 392 g/mol. The van der Waals surface area contributed by atoms with Gasteiger partial charge in [0.25, 0.3) is 0 Å². The summed E-state index contributed by atoms with van der Waals surface area (Å²) in [5.41, 5.74) is 2.47. The summed E-state index contributed by atoms with van der Waals surface area (Å²) < 4.78 is 9.46. The number of carbonyl (C=O) groups is 2. The Morgan fingerprint density at radius 2 is 1.62 bits per heavy atom. The average Bonchev–Trinajstić information content (AvgIpc) is 2.63. The molecule has 2 aromatic rings. The maximum absolute atomic E-state index is 12.0. The van der Waals surface area contributed by atoms with E-state index in [1.807, 2.05) is 13.0 Å². The summed E-state index contributed by atoms with van der Waals surface area (Å²) >= 11 is 11.3. The highest BCUT2D eigenvalue weighted by molar-refractivity contribution is 7.80. The van der Waals surface area contributed by atoms with E-state index in [1.54, 1.807) is 12.1 Å². The van der Waals surface area contributed by atoms with Crippen LogP contribution in [0.25, 0.3) is 0 Å². The molecule has 136 valence electrons. The molecule has 2 rings (SSSR count). The topological polar surface area (TPSA) is 76.7 Å². The van der Waals surface area contributed by atoms with Crippen LogP contribution in [0.15, 0.2) is 36.4 Å². The van der Waals surface area contributed by atoms with Crippen LogP contribution in [0.4, 0.5) is 11.4 Å². The second-order valence-electron chi connectivity index (χ2n) is 5.28. The van der Waals surface area contributed by atoms with Crippen LogP contribution in [0.2, 0.25) is 5.02 Å². The van der Waals surface area contributed by atoms with Gasteiger partial charge in [-0.3, -0.25) is 0 Å². The molecule has 8 heteroatoms. The Labute approximate surface area is 161 Å². The van der Waals surface area contributed by atoms with Gasteiger partial charge in [0.2, 0.25) is 0 Å². The number of hydrogen-bond donors (Lipinski definition) is 2. The number of ether oxygens (including phenoxy) is 2. The lowest BCUT2D eigenvalue weighted by Crippen LogP contribution is -2.22. The highest BCUT2D eigenvalue weighted by atomic mass is 35.5. The fourth-order valence-electron chi connectivity index (χ4n) is 2.19. The molecule has 2 N–H and O–H groups in total. The van der Waals surface area contributed by atoms with E-state index in [4.69, 9.17) is 33.3 Å². The van der Waals surface area contributed by atoms with Crippen LogP contribution in [0.3, 0.4) is 0 Å². The first-order valence-corrected chi connectivity index (χ1v) is 8.29. The summed E-state index contributed by atoms with van der Waals surface area (Å²) in [6.45, 7) is 1.90. The van der Waals surface area contributed by atoms with Gasteiger partial charge in [-0.2, -0.15) is 0 Å². The van der Waals surface area contributed by atoms with Crippen molar-refractivity contribution in [3.8, 4) is 0 Å². The molecule has 0 aromatic heterocycles. The summed E-state index contributed by atoms with van der Waals surface area (Å²) in [5.74, 6) is -1.10. The average molecular weight is 393 g/mol. The fraction of sp³-hybridized carbons (Fsp3) is 0.167. The Bertz CT molecular complexity index is 870. The van der Waals surface area contributed by atoms with Crippen molar-refractivity contribution >= 4 is 52.2 Å². The van der Waals surface area contributed by atoms with Crippen LogP contribution >= 0.6 is 23.8 Å². The number of nitrogens with one attached hydrogen (secondary N) is 2. The van der Waals surface area contributed by atoms with Crippen molar-refractivity contribution in [3.63, 3.8) is 0 Å². The van der Waals surface area contributed by atoms with Crippen LogP contribution in [0, 0.1) is 6.92 Å². The second-order valence-corrected chi connectivity index (χ2v) is 6.13. The lowest BCUT2D eigenvalue weighted by molar-refractivity contribution is 0.0587. The normalized spacial score (nSPS) is 10.0. The lowest BCUT2D eigenvalue weighted by atomic mass is 10.1. The molecule has 0 atom stereocenters. The zero-order chi connectivity index (χ0) is 19.3. The molecule has 0 radical (unpaired) electrons. The molecular weight excluding hydrogens is 376 g/mol. The molecule has 0 fully saturated rings. The Morgan fingerprint density at radius 1 is 0.962 bits per heavy atom. The van der Waals surface area contributed by atoms with Crippen molar-refractivity contribution in [1.82, 2.24) is 0 Å².